The number of nitrogen functional groups attached to an aromatic ring is 1. The van der Waals surface area contributed by atoms with Gasteiger partial charge >= 0.3 is 6.03 Å². The van der Waals surface area contributed by atoms with Crippen molar-refractivity contribution in [2.24, 2.45) is 0 Å². The Kier molecular flexibility index (Phi) is 8.65. The lowest BCUT2D eigenvalue weighted by Gasteiger charge is -2.34. The van der Waals surface area contributed by atoms with Gasteiger partial charge in [-0.3, -0.25) is 14.7 Å². The number of aromatic nitrogens is 1. The van der Waals surface area contributed by atoms with E-state index in [1.165, 1.54) is 12.1 Å². The molecule has 0 aliphatic carbocycles. The number of hydrogen-bond acceptors (Lipinski definition) is 6. The van der Waals surface area contributed by atoms with E-state index in [4.69, 9.17) is 5.73 Å². The van der Waals surface area contributed by atoms with Crippen molar-refractivity contribution < 1.29 is 14.0 Å². The van der Waals surface area contributed by atoms with Gasteiger partial charge in [-0.1, -0.05) is 24.3 Å². The minimum atomic E-state index is -0.419. The van der Waals surface area contributed by atoms with Gasteiger partial charge in [0.05, 0.1) is 11.4 Å². The third kappa shape index (κ3) is 7.48. The van der Waals surface area contributed by atoms with Crippen molar-refractivity contribution in [3.63, 3.8) is 0 Å². The molecule has 0 unspecified atom stereocenters. The highest BCUT2D eigenvalue weighted by Crippen LogP contribution is 2.18. The maximum Gasteiger partial charge on any atom is 0.322 e. The minimum absolute atomic E-state index is 0.236. The molecule has 1 aliphatic rings. The Bertz CT molecular complexity index is 1210. The second-order valence-electron chi connectivity index (χ2n) is 9.10. The Labute approximate surface area is 216 Å². The van der Waals surface area contributed by atoms with Crippen LogP contribution in [0.1, 0.15) is 16.1 Å². The molecule has 0 spiro atoms. The van der Waals surface area contributed by atoms with E-state index in [1.54, 1.807) is 59.6 Å². The molecule has 0 bridgehead atoms. The lowest BCUT2D eigenvalue weighted by Crippen LogP contribution is -2.48. The van der Waals surface area contributed by atoms with Gasteiger partial charge in [0, 0.05) is 57.7 Å². The zero-order chi connectivity index (χ0) is 26.2. The molecular formula is C27H32FN7O2. The number of piperazine rings is 1. The average Bonchev–Trinajstić information content (AvgIpc) is 2.89. The molecule has 10 heteroatoms. The summed E-state index contributed by atoms with van der Waals surface area (Å²) < 4.78 is 13.6. The summed E-state index contributed by atoms with van der Waals surface area (Å²) in [4.78, 5) is 36.3. The van der Waals surface area contributed by atoms with Crippen LogP contribution in [-0.2, 0) is 6.54 Å². The van der Waals surface area contributed by atoms with Crippen LogP contribution in [0.15, 0.2) is 66.9 Å². The normalized spacial score (nSPS) is 14.2. The van der Waals surface area contributed by atoms with Crippen LogP contribution < -0.4 is 16.4 Å². The average molecular weight is 506 g/mol. The number of carbonyl (C=O) groups is 2. The smallest absolute Gasteiger partial charge is 0.322 e. The van der Waals surface area contributed by atoms with Gasteiger partial charge in [-0.25, -0.2) is 9.18 Å². The molecule has 0 saturated carbocycles. The van der Waals surface area contributed by atoms with E-state index in [2.05, 4.69) is 32.5 Å². The van der Waals surface area contributed by atoms with Crippen molar-refractivity contribution in [3.8, 4) is 0 Å². The molecular weight excluding hydrogens is 473 g/mol. The highest BCUT2D eigenvalue weighted by atomic mass is 19.1. The second-order valence-corrected chi connectivity index (χ2v) is 9.10. The number of nitrogens with one attached hydrogen (secondary N) is 2. The summed E-state index contributed by atoms with van der Waals surface area (Å²) in [6, 6.07) is 15.9. The van der Waals surface area contributed by atoms with Crippen molar-refractivity contribution in [2.45, 2.75) is 6.54 Å². The molecule has 0 atom stereocenters. The molecule has 2 heterocycles. The SMILES string of the molecule is CN1CCN(CCN(Cc2ccc(C(=O)Nc3ccccc3N)nc2)C(=O)Nc2cccc(F)c2)CC1. The summed E-state index contributed by atoms with van der Waals surface area (Å²) in [7, 11) is 2.10. The lowest BCUT2D eigenvalue weighted by atomic mass is 10.2. The first kappa shape index (κ1) is 26.1. The molecule has 1 fully saturated rings. The molecule has 194 valence electrons. The van der Waals surface area contributed by atoms with E-state index in [0.29, 0.717) is 23.6 Å². The number of halogens is 1. The Hall–Kier alpha value is -4.02. The Morgan fingerprint density at radius 2 is 1.81 bits per heavy atom. The topological polar surface area (TPSA) is 107 Å². The van der Waals surface area contributed by atoms with Crippen LogP contribution >= 0.6 is 0 Å². The molecule has 1 aromatic heterocycles. The fraction of sp³-hybridized carbons (Fsp3) is 0.296. The second kappa shape index (κ2) is 12.3. The molecule has 4 N–H and O–H groups in total. The van der Waals surface area contributed by atoms with Gasteiger partial charge in [0.2, 0.25) is 0 Å². The van der Waals surface area contributed by atoms with Gasteiger partial charge in [0.1, 0.15) is 11.5 Å². The van der Waals surface area contributed by atoms with Crippen LogP contribution in [-0.4, -0.2) is 77.9 Å². The summed E-state index contributed by atoms with van der Waals surface area (Å²) in [5.41, 5.74) is 8.28. The number of para-hydroxylation sites is 2. The fourth-order valence-corrected chi connectivity index (χ4v) is 4.02. The number of carbonyl (C=O) groups excluding carboxylic acids is 2. The van der Waals surface area contributed by atoms with Gasteiger partial charge in [0.25, 0.3) is 5.91 Å². The third-order valence-corrected chi connectivity index (χ3v) is 6.28. The Morgan fingerprint density at radius 1 is 1.03 bits per heavy atom. The van der Waals surface area contributed by atoms with Crippen LogP contribution in [0.4, 0.5) is 26.2 Å². The number of amides is 3. The highest BCUT2D eigenvalue weighted by Gasteiger charge is 2.19. The molecule has 4 rings (SSSR count). The van der Waals surface area contributed by atoms with E-state index in [1.807, 2.05) is 0 Å². The first-order chi connectivity index (χ1) is 17.9. The van der Waals surface area contributed by atoms with E-state index < -0.39 is 5.82 Å². The largest absolute Gasteiger partial charge is 0.397 e. The zero-order valence-corrected chi connectivity index (χ0v) is 20.9. The third-order valence-electron chi connectivity index (χ3n) is 6.28. The van der Waals surface area contributed by atoms with Crippen LogP contribution in [0.3, 0.4) is 0 Å². The van der Waals surface area contributed by atoms with E-state index in [0.717, 1.165) is 38.3 Å². The summed E-state index contributed by atoms with van der Waals surface area (Å²) in [5, 5.41) is 5.54. The fourth-order valence-electron chi connectivity index (χ4n) is 4.02. The van der Waals surface area contributed by atoms with E-state index >= 15 is 0 Å². The highest BCUT2D eigenvalue weighted by molar-refractivity contribution is 6.04. The minimum Gasteiger partial charge on any atom is -0.397 e. The van der Waals surface area contributed by atoms with Crippen LogP contribution in [0.2, 0.25) is 0 Å². The van der Waals surface area contributed by atoms with Gasteiger partial charge < -0.3 is 26.2 Å². The zero-order valence-electron chi connectivity index (χ0n) is 20.9. The molecule has 9 nitrogen and oxygen atoms in total. The maximum atomic E-state index is 13.6. The van der Waals surface area contributed by atoms with Gasteiger partial charge in [-0.2, -0.15) is 0 Å². The van der Waals surface area contributed by atoms with Crippen LogP contribution in [0.5, 0.6) is 0 Å². The number of rotatable bonds is 8. The Morgan fingerprint density at radius 3 is 2.51 bits per heavy atom. The number of pyridine rings is 1. The molecule has 2 aromatic carbocycles. The first-order valence-corrected chi connectivity index (χ1v) is 12.2. The quantitative estimate of drug-likeness (QED) is 0.406. The number of anilines is 3. The van der Waals surface area contributed by atoms with Gasteiger partial charge in [-0.05, 0) is 49.0 Å². The number of hydrogen-bond donors (Lipinski definition) is 3. The summed E-state index contributed by atoms with van der Waals surface area (Å²) in [5.74, 6) is -0.794. The lowest BCUT2D eigenvalue weighted by molar-refractivity contribution is 0.102. The predicted molar refractivity (Wildman–Crippen MR) is 143 cm³/mol. The molecule has 3 aromatic rings. The summed E-state index contributed by atoms with van der Waals surface area (Å²) >= 11 is 0. The monoisotopic (exact) mass is 505 g/mol. The number of likely N-dealkylation sites (N-methyl/N-ethyl adjacent to an activating group) is 1. The number of urea groups is 1. The molecule has 1 saturated heterocycles. The number of nitrogens with two attached hydrogens (primary N) is 1. The van der Waals surface area contributed by atoms with E-state index in [-0.39, 0.29) is 24.2 Å². The molecule has 37 heavy (non-hydrogen) atoms. The van der Waals surface area contributed by atoms with Crippen LogP contribution in [0, 0.1) is 5.82 Å². The number of nitrogens with zero attached hydrogens (tertiary/aromatic N) is 4. The van der Waals surface area contributed by atoms with Gasteiger partial charge in [-0.15, -0.1) is 0 Å². The first-order valence-electron chi connectivity index (χ1n) is 12.2. The summed E-state index contributed by atoms with van der Waals surface area (Å²) in [6.07, 6.45) is 1.58. The van der Waals surface area contributed by atoms with Crippen LogP contribution in [0.25, 0.3) is 0 Å². The summed E-state index contributed by atoms with van der Waals surface area (Å²) in [6.45, 7) is 5.34. The van der Waals surface area contributed by atoms with Crippen molar-refractivity contribution in [1.29, 1.82) is 0 Å². The van der Waals surface area contributed by atoms with Gasteiger partial charge in [0.15, 0.2) is 0 Å². The van der Waals surface area contributed by atoms with Crippen molar-refractivity contribution in [3.05, 3.63) is 83.9 Å². The number of benzene rings is 2. The van der Waals surface area contributed by atoms with Crippen molar-refractivity contribution >= 4 is 29.0 Å². The molecule has 3 amide bonds. The standard InChI is InChI=1S/C27H32FN7O2/c1-33-11-13-34(14-12-33)15-16-35(27(37)31-22-6-4-5-21(28)17-22)19-20-9-10-25(30-18-20)26(36)32-24-8-3-2-7-23(24)29/h2-10,17-18H,11-16,19,29H2,1H3,(H,31,37)(H,32,36). The van der Waals surface area contributed by atoms with Crippen molar-refractivity contribution in [2.75, 3.05) is 62.7 Å². The molecule has 0 radical (unpaired) electrons. The van der Waals surface area contributed by atoms with E-state index in [9.17, 15) is 14.0 Å². The Balaban J connectivity index is 1.42. The molecule has 1 aliphatic heterocycles. The predicted octanol–water partition coefficient (Wildman–Crippen LogP) is 3.34. The maximum absolute atomic E-state index is 13.6. The van der Waals surface area contributed by atoms with Crippen molar-refractivity contribution in [1.82, 2.24) is 19.7 Å².